The number of piperidine rings is 1. The molecule has 0 amide bonds. The molecule has 0 radical (unpaired) electrons. The summed E-state index contributed by atoms with van der Waals surface area (Å²) in [6, 6.07) is 7.18. The van der Waals surface area contributed by atoms with Crippen LogP contribution in [0.25, 0.3) is 0 Å². The third-order valence-corrected chi connectivity index (χ3v) is 6.51. The van der Waals surface area contributed by atoms with Gasteiger partial charge < -0.3 is 19.5 Å². The first-order valence-corrected chi connectivity index (χ1v) is 11.2. The highest BCUT2D eigenvalue weighted by Crippen LogP contribution is 2.26. The second kappa shape index (κ2) is 11.2. The van der Waals surface area contributed by atoms with Crippen molar-refractivity contribution >= 4 is 0 Å². The van der Waals surface area contributed by atoms with E-state index in [4.69, 9.17) is 9.47 Å². The lowest BCUT2D eigenvalue weighted by Gasteiger charge is -2.46. The van der Waals surface area contributed by atoms with Gasteiger partial charge in [0.25, 0.3) is 0 Å². The van der Waals surface area contributed by atoms with Gasteiger partial charge in [0.05, 0.1) is 14.2 Å². The van der Waals surface area contributed by atoms with Gasteiger partial charge in [-0.25, -0.2) is 0 Å². The molecular weight excluding hydrogens is 366 g/mol. The third kappa shape index (κ3) is 6.07. The Labute approximate surface area is 176 Å². The summed E-state index contributed by atoms with van der Waals surface area (Å²) in [5.41, 5.74) is 1.20. The predicted molar refractivity (Wildman–Crippen MR) is 117 cm³/mol. The molecule has 6 nitrogen and oxygen atoms in total. The Bertz CT molecular complexity index is 597. The smallest absolute Gasteiger partial charge is 0.122 e. The second-order valence-corrected chi connectivity index (χ2v) is 8.43. The van der Waals surface area contributed by atoms with Crippen molar-refractivity contribution in [2.75, 3.05) is 60.1 Å². The lowest BCUT2D eigenvalue weighted by molar-refractivity contribution is 0.0131. The molecule has 2 aliphatic heterocycles. The van der Waals surface area contributed by atoms with Crippen LogP contribution >= 0.6 is 0 Å². The first-order chi connectivity index (χ1) is 14.2. The molecule has 164 valence electrons. The van der Waals surface area contributed by atoms with Gasteiger partial charge in [-0.1, -0.05) is 6.92 Å². The second-order valence-electron chi connectivity index (χ2n) is 8.43. The van der Waals surface area contributed by atoms with Crippen LogP contribution in [-0.4, -0.2) is 92.0 Å². The number of ether oxygens (including phenoxy) is 2. The Morgan fingerprint density at radius 2 is 1.69 bits per heavy atom. The van der Waals surface area contributed by atoms with E-state index in [1.54, 1.807) is 14.2 Å². The van der Waals surface area contributed by atoms with Gasteiger partial charge in [-0.3, -0.25) is 9.80 Å². The van der Waals surface area contributed by atoms with Crippen LogP contribution in [0.5, 0.6) is 11.5 Å². The molecule has 0 aliphatic carbocycles. The molecule has 1 aromatic carbocycles. The maximum Gasteiger partial charge on any atom is 0.122 e. The molecule has 2 fully saturated rings. The number of hydrogen-bond donors (Lipinski definition) is 1. The van der Waals surface area contributed by atoms with Crippen LogP contribution in [0.1, 0.15) is 38.2 Å². The van der Waals surface area contributed by atoms with E-state index < -0.39 is 0 Å². The monoisotopic (exact) mass is 405 g/mol. The number of aliphatic hydroxyl groups is 1. The number of methoxy groups -OCH3 is 2. The maximum atomic E-state index is 9.67. The van der Waals surface area contributed by atoms with Crippen LogP contribution in [0.3, 0.4) is 0 Å². The molecule has 1 atom stereocenters. The molecule has 2 heterocycles. The summed E-state index contributed by atoms with van der Waals surface area (Å²) >= 11 is 0. The minimum atomic E-state index is 0.241. The molecule has 1 aromatic rings. The zero-order valence-electron chi connectivity index (χ0n) is 18.5. The van der Waals surface area contributed by atoms with Crippen LogP contribution in [0, 0.1) is 0 Å². The summed E-state index contributed by atoms with van der Waals surface area (Å²) in [4.78, 5) is 7.81. The summed E-state index contributed by atoms with van der Waals surface area (Å²) in [5.74, 6) is 1.66. The standard InChI is InChI=1S/C23H39N3O3/c1-4-8-24-9-5-20(6-10-24)26-12-11-25(21(18-26)7-13-27)17-19-14-22(28-2)16-23(15-19)29-3/h14-16,20-21,27H,4-13,17-18H2,1-3H3. The zero-order chi connectivity index (χ0) is 20.6. The lowest BCUT2D eigenvalue weighted by atomic mass is 9.99. The zero-order valence-corrected chi connectivity index (χ0v) is 18.5. The van der Waals surface area contributed by atoms with Crippen molar-refractivity contribution in [3.63, 3.8) is 0 Å². The van der Waals surface area contributed by atoms with Crippen molar-refractivity contribution in [2.45, 2.75) is 51.2 Å². The summed E-state index contributed by atoms with van der Waals surface area (Å²) < 4.78 is 10.9. The molecule has 3 rings (SSSR count). The Kier molecular flexibility index (Phi) is 8.60. The number of piperazine rings is 1. The Morgan fingerprint density at radius 3 is 2.28 bits per heavy atom. The van der Waals surface area contributed by atoms with Gasteiger partial charge in [0.2, 0.25) is 0 Å². The molecule has 2 aliphatic rings. The molecule has 0 spiro atoms. The Morgan fingerprint density at radius 1 is 1.00 bits per heavy atom. The van der Waals surface area contributed by atoms with Gasteiger partial charge in [-0.05, 0) is 63.0 Å². The average molecular weight is 406 g/mol. The predicted octanol–water partition coefficient (Wildman–Crippen LogP) is 2.45. The SMILES string of the molecule is CCCN1CCC(N2CCN(Cc3cc(OC)cc(OC)c3)C(CCO)C2)CC1. The van der Waals surface area contributed by atoms with E-state index in [-0.39, 0.29) is 6.61 Å². The van der Waals surface area contributed by atoms with E-state index in [2.05, 4.69) is 33.8 Å². The molecule has 0 aromatic heterocycles. The van der Waals surface area contributed by atoms with E-state index >= 15 is 0 Å². The van der Waals surface area contributed by atoms with Crippen LogP contribution < -0.4 is 9.47 Å². The highest BCUT2D eigenvalue weighted by atomic mass is 16.5. The highest BCUT2D eigenvalue weighted by molar-refractivity contribution is 5.38. The van der Waals surface area contributed by atoms with Gasteiger partial charge >= 0.3 is 0 Å². The van der Waals surface area contributed by atoms with Gasteiger partial charge in [-0.2, -0.15) is 0 Å². The van der Waals surface area contributed by atoms with Gasteiger partial charge in [0, 0.05) is 50.9 Å². The molecule has 2 saturated heterocycles. The first kappa shape index (κ1) is 22.3. The molecular formula is C23H39N3O3. The molecule has 1 N–H and O–H groups in total. The average Bonchev–Trinajstić information content (AvgIpc) is 2.75. The lowest BCUT2D eigenvalue weighted by Crippen LogP contribution is -2.57. The fourth-order valence-corrected chi connectivity index (χ4v) is 4.90. The number of hydrogen-bond acceptors (Lipinski definition) is 6. The summed E-state index contributed by atoms with van der Waals surface area (Å²) in [5, 5.41) is 9.67. The number of likely N-dealkylation sites (tertiary alicyclic amines) is 1. The van der Waals surface area contributed by atoms with Crippen molar-refractivity contribution in [3.05, 3.63) is 23.8 Å². The Hall–Kier alpha value is -1.34. The van der Waals surface area contributed by atoms with Crippen molar-refractivity contribution in [3.8, 4) is 11.5 Å². The van der Waals surface area contributed by atoms with Crippen LogP contribution in [0.4, 0.5) is 0 Å². The van der Waals surface area contributed by atoms with Crippen molar-refractivity contribution in [1.82, 2.24) is 14.7 Å². The summed E-state index contributed by atoms with van der Waals surface area (Å²) in [7, 11) is 3.38. The highest BCUT2D eigenvalue weighted by Gasteiger charge is 2.32. The van der Waals surface area contributed by atoms with Crippen molar-refractivity contribution in [1.29, 1.82) is 0 Å². The van der Waals surface area contributed by atoms with Crippen LogP contribution in [-0.2, 0) is 6.54 Å². The fraction of sp³-hybridized carbons (Fsp3) is 0.739. The summed E-state index contributed by atoms with van der Waals surface area (Å²) in [6.07, 6.45) is 4.63. The van der Waals surface area contributed by atoms with E-state index in [1.165, 1.54) is 44.5 Å². The van der Waals surface area contributed by atoms with Gasteiger partial charge in [-0.15, -0.1) is 0 Å². The maximum absolute atomic E-state index is 9.67. The molecule has 1 unspecified atom stereocenters. The first-order valence-electron chi connectivity index (χ1n) is 11.2. The molecule has 29 heavy (non-hydrogen) atoms. The van der Waals surface area contributed by atoms with Gasteiger partial charge in [0.15, 0.2) is 0 Å². The van der Waals surface area contributed by atoms with Crippen LogP contribution in [0.15, 0.2) is 18.2 Å². The quantitative estimate of drug-likeness (QED) is 0.681. The number of nitrogens with zero attached hydrogens (tertiary/aromatic N) is 3. The largest absolute Gasteiger partial charge is 0.497 e. The van der Waals surface area contributed by atoms with E-state index in [1.807, 2.05) is 6.07 Å². The summed E-state index contributed by atoms with van der Waals surface area (Å²) in [6.45, 7) is 10.3. The van der Waals surface area contributed by atoms with Crippen LogP contribution in [0.2, 0.25) is 0 Å². The van der Waals surface area contributed by atoms with Gasteiger partial charge in [0.1, 0.15) is 11.5 Å². The topological polar surface area (TPSA) is 48.4 Å². The van der Waals surface area contributed by atoms with Crippen molar-refractivity contribution in [2.24, 2.45) is 0 Å². The van der Waals surface area contributed by atoms with E-state index in [0.29, 0.717) is 12.1 Å². The third-order valence-electron chi connectivity index (χ3n) is 6.51. The molecule has 0 saturated carbocycles. The van der Waals surface area contributed by atoms with E-state index in [9.17, 15) is 5.11 Å². The van der Waals surface area contributed by atoms with Crippen molar-refractivity contribution < 1.29 is 14.6 Å². The minimum Gasteiger partial charge on any atom is -0.497 e. The number of rotatable bonds is 9. The normalized spacial score (nSPS) is 22.7. The Balaban J connectivity index is 1.61. The number of benzene rings is 1. The molecule has 6 heteroatoms. The van der Waals surface area contributed by atoms with E-state index in [0.717, 1.165) is 44.1 Å². The molecule has 0 bridgehead atoms. The fourth-order valence-electron chi connectivity index (χ4n) is 4.90. The minimum absolute atomic E-state index is 0.241. The number of aliphatic hydroxyl groups excluding tert-OH is 1.